The summed E-state index contributed by atoms with van der Waals surface area (Å²) in [6, 6.07) is 6.04. The minimum atomic E-state index is -1.35. The van der Waals surface area contributed by atoms with Gasteiger partial charge in [0.25, 0.3) is 0 Å². The maximum absolute atomic E-state index is 11.0. The zero-order valence-corrected chi connectivity index (χ0v) is 7.58. The van der Waals surface area contributed by atoms with Gasteiger partial charge in [0.15, 0.2) is 0 Å². The van der Waals surface area contributed by atoms with Gasteiger partial charge in [-0.2, -0.15) is 4.79 Å². The molecular formula is C8H8N4O3. The number of nitrogens with zero attached hydrogens (tertiary/aromatic N) is 2. The fourth-order valence-corrected chi connectivity index (χ4v) is 0.802. The summed E-state index contributed by atoms with van der Waals surface area (Å²) in [5.41, 5.74) is 5.04. The molecule has 3 N–H and O–H groups in total. The van der Waals surface area contributed by atoms with E-state index in [1.807, 2.05) is 0 Å². The van der Waals surface area contributed by atoms with Gasteiger partial charge in [0.1, 0.15) is 0 Å². The Morgan fingerprint density at radius 1 is 1.33 bits per heavy atom. The van der Waals surface area contributed by atoms with Crippen molar-refractivity contribution in [2.75, 3.05) is 5.32 Å². The summed E-state index contributed by atoms with van der Waals surface area (Å²) in [5, 5.41) is 15.7. The number of hydrogen-bond donors (Lipinski definition) is 2. The maximum atomic E-state index is 11.0. The summed E-state index contributed by atoms with van der Waals surface area (Å²) in [6.07, 6.45) is 0. The van der Waals surface area contributed by atoms with E-state index in [-0.39, 0.29) is 0 Å². The molecule has 1 aromatic rings. The number of carbonyl (C=O) groups excluding carboxylic acids is 2. The number of hydrogen-bond acceptors (Lipinski definition) is 3. The van der Waals surface area contributed by atoms with Gasteiger partial charge >= 0.3 is 12.1 Å². The van der Waals surface area contributed by atoms with E-state index in [2.05, 4.69) is 16.2 Å². The number of para-hydroxylation sites is 1. The van der Waals surface area contributed by atoms with E-state index in [1.54, 1.807) is 30.3 Å². The molecule has 1 rings (SSSR count). The van der Waals surface area contributed by atoms with Crippen LogP contribution in [0.3, 0.4) is 0 Å². The number of hydroxylamine groups is 1. The van der Waals surface area contributed by atoms with Crippen LogP contribution in [0.25, 0.3) is 0 Å². The fraction of sp³-hybridized carbons (Fsp3) is 0. The first kappa shape index (κ1) is 10.6. The fourth-order valence-electron chi connectivity index (χ4n) is 0.802. The highest BCUT2D eigenvalue weighted by atomic mass is 16.5. The Morgan fingerprint density at radius 2 is 1.93 bits per heavy atom. The van der Waals surface area contributed by atoms with Gasteiger partial charge in [-0.1, -0.05) is 23.1 Å². The molecule has 0 bridgehead atoms. The quantitative estimate of drug-likeness (QED) is 0.411. The monoisotopic (exact) mass is 208 g/mol. The average molecular weight is 208 g/mol. The maximum Gasteiger partial charge on any atom is 0.513 e. The molecule has 0 aliphatic carbocycles. The van der Waals surface area contributed by atoms with Gasteiger partial charge in [0.2, 0.25) is 0 Å². The third kappa shape index (κ3) is 3.43. The van der Waals surface area contributed by atoms with Gasteiger partial charge < -0.3 is 10.5 Å². The molecule has 0 aromatic heterocycles. The van der Waals surface area contributed by atoms with Crippen LogP contribution in [0.2, 0.25) is 0 Å². The number of anilines is 1. The smallest absolute Gasteiger partial charge is 0.513 e. The Balaban J connectivity index is 2.65. The first-order chi connectivity index (χ1) is 7.09. The molecule has 4 amide bonds. The van der Waals surface area contributed by atoms with Crippen LogP contribution in [0.1, 0.15) is 0 Å². The second-order valence-electron chi connectivity index (χ2n) is 2.51. The average Bonchev–Trinajstić information content (AvgIpc) is 2.18. The Labute approximate surface area is 84.8 Å². The summed E-state index contributed by atoms with van der Waals surface area (Å²) in [5.74, 6) is 0. The number of rotatable bonds is 1. The number of azo groups is 1. The summed E-state index contributed by atoms with van der Waals surface area (Å²) in [7, 11) is 0. The van der Waals surface area contributed by atoms with Gasteiger partial charge in [-0.25, -0.2) is 10.5 Å². The minimum Gasteiger partial charge on any atom is -0.688 e. The molecule has 0 fully saturated rings. The topological polar surface area (TPSA) is 111 Å². The molecule has 0 heterocycles. The third-order valence-electron chi connectivity index (χ3n) is 1.40. The second-order valence-corrected chi connectivity index (χ2v) is 2.51. The van der Waals surface area contributed by atoms with Crippen LogP contribution in [-0.4, -0.2) is 16.9 Å². The lowest BCUT2D eigenvalue weighted by atomic mass is 10.3. The number of nitrogens with two attached hydrogens (primary N) is 1. The molecule has 7 nitrogen and oxygen atoms in total. The number of nitrogens with one attached hydrogen (secondary N) is 1. The molecule has 0 aliphatic rings. The Hall–Kier alpha value is -2.44. The van der Waals surface area contributed by atoms with Crippen molar-refractivity contribution in [3.05, 3.63) is 35.5 Å². The first-order valence-corrected chi connectivity index (χ1v) is 3.94. The van der Waals surface area contributed by atoms with Crippen molar-refractivity contribution in [2.24, 2.45) is 10.8 Å². The first-order valence-electron chi connectivity index (χ1n) is 3.94. The van der Waals surface area contributed by atoms with Crippen molar-refractivity contribution in [1.82, 2.24) is 0 Å². The van der Waals surface area contributed by atoms with Crippen molar-refractivity contribution in [1.29, 1.82) is 0 Å². The zero-order chi connectivity index (χ0) is 11.3. The predicted molar refractivity (Wildman–Crippen MR) is 51.1 cm³/mol. The zero-order valence-electron chi connectivity index (χ0n) is 7.58. The predicted octanol–water partition coefficient (Wildman–Crippen LogP) is 1.26. The van der Waals surface area contributed by atoms with Crippen LogP contribution < -0.4 is 11.1 Å². The van der Waals surface area contributed by atoms with Crippen molar-refractivity contribution < 1.29 is 14.4 Å². The molecular weight excluding hydrogens is 200 g/mol. The van der Waals surface area contributed by atoms with E-state index >= 15 is 0 Å². The van der Waals surface area contributed by atoms with Crippen molar-refractivity contribution in [3.63, 3.8) is 0 Å². The number of urea groups is 2. The van der Waals surface area contributed by atoms with Gasteiger partial charge in [0.05, 0.1) is 0 Å². The van der Waals surface area contributed by atoms with E-state index in [9.17, 15) is 14.8 Å². The van der Waals surface area contributed by atoms with Gasteiger partial charge in [-0.05, 0) is 17.2 Å². The van der Waals surface area contributed by atoms with Crippen LogP contribution in [0.15, 0.2) is 35.4 Å². The summed E-state index contributed by atoms with van der Waals surface area (Å²) in [4.78, 5) is 20.8. The largest absolute Gasteiger partial charge is 0.688 e. The van der Waals surface area contributed by atoms with E-state index in [0.717, 1.165) is 0 Å². The lowest BCUT2D eigenvalue weighted by Gasteiger charge is -2.01. The molecule has 7 heteroatoms. The Kier molecular flexibility index (Phi) is 3.33. The molecule has 78 valence electrons. The Bertz CT molecular complexity index is 402. The highest BCUT2D eigenvalue weighted by molar-refractivity contribution is 5.89. The number of amides is 4. The van der Waals surface area contributed by atoms with E-state index < -0.39 is 16.9 Å². The van der Waals surface area contributed by atoms with Gasteiger partial charge in [-0.15, -0.1) is 0 Å². The standard InChI is InChI=1S/C8H8N4O3/c9-7(13)12(15)11-8(14)10-6-4-2-1-3-5-6/h1-5H,(H2,9,13)(H,10,14). The van der Waals surface area contributed by atoms with Gasteiger partial charge in [0, 0.05) is 5.69 Å². The molecule has 0 spiro atoms. The lowest BCUT2D eigenvalue weighted by molar-refractivity contribution is -0.419. The summed E-state index contributed by atoms with van der Waals surface area (Å²) in [6.45, 7) is 0. The molecule has 0 saturated carbocycles. The van der Waals surface area contributed by atoms with Gasteiger partial charge in [-0.3, -0.25) is 0 Å². The van der Waals surface area contributed by atoms with Crippen molar-refractivity contribution in [2.45, 2.75) is 0 Å². The normalized spacial score (nSPS) is 10.8. The van der Waals surface area contributed by atoms with E-state index in [4.69, 9.17) is 0 Å². The van der Waals surface area contributed by atoms with Crippen molar-refractivity contribution >= 4 is 17.7 Å². The third-order valence-corrected chi connectivity index (χ3v) is 1.40. The second kappa shape index (κ2) is 4.70. The molecule has 0 unspecified atom stereocenters. The van der Waals surface area contributed by atoms with Crippen LogP contribution in [0.4, 0.5) is 15.3 Å². The number of benzene rings is 1. The van der Waals surface area contributed by atoms with Crippen molar-refractivity contribution in [3.8, 4) is 0 Å². The van der Waals surface area contributed by atoms with E-state index in [1.165, 1.54) is 0 Å². The van der Waals surface area contributed by atoms with Crippen LogP contribution >= 0.6 is 0 Å². The summed E-state index contributed by atoms with van der Waals surface area (Å²) >= 11 is 0. The summed E-state index contributed by atoms with van der Waals surface area (Å²) < 4.78 is 0. The highest BCUT2D eigenvalue weighted by Crippen LogP contribution is 2.04. The molecule has 0 aliphatic heterocycles. The molecule has 0 saturated heterocycles. The lowest BCUT2D eigenvalue weighted by Crippen LogP contribution is -2.22. The number of carbonyl (C=O) groups is 2. The minimum absolute atomic E-state index is 0.462. The molecule has 0 atom stereocenters. The molecule has 1 aromatic carbocycles. The van der Waals surface area contributed by atoms with Crippen LogP contribution in [-0.2, 0) is 0 Å². The molecule has 15 heavy (non-hydrogen) atoms. The van der Waals surface area contributed by atoms with Crippen LogP contribution in [0, 0.1) is 5.21 Å². The number of primary amides is 1. The molecule has 0 radical (unpaired) electrons. The SMILES string of the molecule is NC(=O)[N+]([O-])=NC(=O)Nc1ccccc1. The Morgan fingerprint density at radius 3 is 2.47 bits per heavy atom. The van der Waals surface area contributed by atoms with E-state index in [0.29, 0.717) is 5.69 Å². The van der Waals surface area contributed by atoms with Crippen LogP contribution in [0.5, 0.6) is 0 Å². The highest BCUT2D eigenvalue weighted by Gasteiger charge is 2.06.